The Morgan fingerprint density at radius 3 is 1.33 bits per heavy atom. The van der Waals surface area contributed by atoms with Gasteiger partial charge >= 0.3 is 13.4 Å². The molecule has 4 heteroatoms. The van der Waals surface area contributed by atoms with Crippen LogP contribution in [0.4, 0.5) is 0 Å². The van der Waals surface area contributed by atoms with Gasteiger partial charge in [-0.3, -0.25) is 0 Å². The average molecular weight is 176 g/mol. The minimum atomic E-state index is -0.639. The van der Waals surface area contributed by atoms with Crippen LogP contribution in [-0.4, -0.2) is 13.4 Å². The molecule has 0 heterocycles. The normalized spacial score (nSPS) is 3.33. The van der Waals surface area contributed by atoms with Crippen LogP contribution in [0.25, 0.3) is 0 Å². The molecule has 0 fully saturated rings. The Morgan fingerprint density at radius 2 is 1.33 bits per heavy atom. The van der Waals surface area contributed by atoms with Crippen molar-refractivity contribution in [2.24, 2.45) is 0 Å². The molecule has 0 N–H and O–H groups in total. The minimum absolute atomic E-state index is 0. The molecule has 1 radical (unpaired) electrons. The summed E-state index contributed by atoms with van der Waals surface area (Å²) in [6.45, 7) is 5.00. The standard InChI is InChI=1S/C2H5.Al.2ClH.Ti.H/c1-2;;;;;/h1H2,2H3;;2*1H;;/q;+2;;;;/p-2. The van der Waals surface area contributed by atoms with Crippen LogP contribution >= 0.6 is 20.1 Å². The summed E-state index contributed by atoms with van der Waals surface area (Å²) >= 11 is -0.639. The van der Waals surface area contributed by atoms with Crippen LogP contribution in [0, 0.1) is 6.92 Å². The smallest absolute Gasteiger partial charge is 0.240 e. The first kappa shape index (κ1) is 15.7. The Balaban J connectivity index is -0.0000000275. The molecule has 0 aromatic rings. The maximum Gasteiger partial charge on any atom is 0.499 e. The summed E-state index contributed by atoms with van der Waals surface area (Å²) in [5.41, 5.74) is 0. The zero-order valence-corrected chi connectivity index (χ0v) is 8.16. The molecule has 0 aromatic heterocycles. The van der Waals surface area contributed by atoms with Gasteiger partial charge in [0.25, 0.3) is 0 Å². The maximum atomic E-state index is 4.90. The van der Waals surface area contributed by atoms with E-state index in [1.807, 2.05) is 0 Å². The zero-order chi connectivity index (χ0) is 4.71. The summed E-state index contributed by atoms with van der Waals surface area (Å²) in [5, 5.41) is 0. The van der Waals surface area contributed by atoms with E-state index in [9.17, 15) is 0 Å². The second kappa shape index (κ2) is 29.0. The van der Waals surface area contributed by atoms with Gasteiger partial charge in [-0.25, -0.2) is 20.1 Å². The van der Waals surface area contributed by atoms with Gasteiger partial charge in [0.1, 0.15) is 0 Å². The molecule has 0 bridgehead atoms. The van der Waals surface area contributed by atoms with E-state index in [2.05, 4.69) is 6.92 Å². The predicted molar refractivity (Wildman–Crippen MR) is 29.9 cm³/mol. The second-order valence-electron chi connectivity index (χ2n) is 0.101. The van der Waals surface area contributed by atoms with E-state index in [1.54, 1.807) is 6.92 Å². The first-order valence-electron chi connectivity index (χ1n) is 1.24. The summed E-state index contributed by atoms with van der Waals surface area (Å²) in [4.78, 5) is 0. The van der Waals surface area contributed by atoms with E-state index in [-0.39, 0.29) is 21.7 Å². The van der Waals surface area contributed by atoms with E-state index < -0.39 is 13.4 Å². The Labute approximate surface area is 68.6 Å². The largest absolute Gasteiger partial charge is 0.499 e. The van der Waals surface area contributed by atoms with Gasteiger partial charge in [0.15, 0.2) is 0 Å². The van der Waals surface area contributed by atoms with Crippen LogP contribution in [0.1, 0.15) is 6.92 Å². The predicted octanol–water partition coefficient (Wildman–Crippen LogP) is 1.57. The third kappa shape index (κ3) is 40.7. The van der Waals surface area contributed by atoms with Crippen molar-refractivity contribution in [1.29, 1.82) is 0 Å². The van der Waals surface area contributed by atoms with Crippen LogP contribution in [0.3, 0.4) is 0 Å². The molecule has 6 heavy (non-hydrogen) atoms. The molecule has 0 saturated heterocycles. The van der Waals surface area contributed by atoms with Gasteiger partial charge in [-0.1, -0.05) is 13.8 Å². The van der Waals surface area contributed by atoms with Crippen LogP contribution in [-0.2, 0) is 21.7 Å². The molecule has 0 amide bonds. The van der Waals surface area contributed by atoms with E-state index in [0.717, 1.165) is 0 Å². The molecule has 0 aliphatic heterocycles. The Kier molecular flexibility index (Phi) is 75.7. The van der Waals surface area contributed by atoms with Crippen LogP contribution < -0.4 is 0 Å². The molecular weight excluding hydrogens is 170 g/mol. The van der Waals surface area contributed by atoms with Crippen LogP contribution in [0.15, 0.2) is 0 Å². The third-order valence-electron chi connectivity index (χ3n) is 0. The third-order valence-corrected chi connectivity index (χ3v) is 0. The van der Waals surface area contributed by atoms with Crippen LogP contribution in [0.5, 0.6) is 0 Å². The van der Waals surface area contributed by atoms with Crippen molar-refractivity contribution in [2.75, 3.05) is 0 Å². The molecule has 0 rings (SSSR count). The van der Waals surface area contributed by atoms with Crippen molar-refractivity contribution in [2.45, 2.75) is 6.92 Å². The number of hydrogen-bond acceptors (Lipinski definition) is 0. The zero-order valence-electron chi connectivity index (χ0n) is 3.67. The second-order valence-corrected chi connectivity index (χ2v) is 2.73. The Hall–Kier alpha value is 1.83. The summed E-state index contributed by atoms with van der Waals surface area (Å²) in [5.74, 6) is 0. The Morgan fingerprint density at radius 1 is 1.33 bits per heavy atom. The van der Waals surface area contributed by atoms with Gasteiger partial charge in [-0.2, -0.15) is 0 Å². The van der Waals surface area contributed by atoms with E-state index >= 15 is 0 Å². The van der Waals surface area contributed by atoms with Gasteiger partial charge in [-0.05, 0) is 0 Å². The topological polar surface area (TPSA) is 0 Å². The molecule has 0 aliphatic carbocycles. The molecule has 0 aromatic carbocycles. The molecule has 0 spiro atoms. The molecule has 0 atom stereocenters. The molecular formula is C2H6AlCl2Ti. The molecule has 0 saturated carbocycles. The number of hydrogen-bond donors (Lipinski definition) is 0. The van der Waals surface area contributed by atoms with E-state index in [0.29, 0.717) is 0 Å². The summed E-state index contributed by atoms with van der Waals surface area (Å²) in [6.07, 6.45) is 0. The number of halogens is 2. The van der Waals surface area contributed by atoms with Gasteiger partial charge in [0.05, 0.1) is 0 Å². The summed E-state index contributed by atoms with van der Waals surface area (Å²) in [7, 11) is 9.81. The summed E-state index contributed by atoms with van der Waals surface area (Å²) in [6, 6.07) is 0. The Bertz CT molecular complexity index is 11.5. The first-order chi connectivity index (χ1) is 2.41. The monoisotopic (exact) mass is 175 g/mol. The van der Waals surface area contributed by atoms with Gasteiger partial charge in [-0.15, -0.1) is 0 Å². The fourth-order valence-electron chi connectivity index (χ4n) is 0. The van der Waals surface area contributed by atoms with E-state index in [1.165, 1.54) is 0 Å². The molecule has 35 valence electrons. The van der Waals surface area contributed by atoms with Crippen molar-refractivity contribution in [3.63, 3.8) is 0 Å². The van der Waals surface area contributed by atoms with Gasteiger partial charge in [0.2, 0.25) is 0 Å². The fourth-order valence-corrected chi connectivity index (χ4v) is 0. The quantitative estimate of drug-likeness (QED) is 0.491. The average Bonchev–Trinajstić information content (AvgIpc) is 1.46. The van der Waals surface area contributed by atoms with Crippen molar-refractivity contribution < 1.29 is 21.7 Å². The molecule has 0 nitrogen and oxygen atoms in total. The van der Waals surface area contributed by atoms with Gasteiger partial charge in [0, 0.05) is 21.7 Å². The summed E-state index contributed by atoms with van der Waals surface area (Å²) < 4.78 is 0. The first-order valence-corrected chi connectivity index (χ1v) is 5.52. The van der Waals surface area contributed by atoms with E-state index in [4.69, 9.17) is 20.1 Å². The molecule has 0 unspecified atom stereocenters. The molecule has 0 aliphatic rings. The van der Waals surface area contributed by atoms with Crippen molar-refractivity contribution in [1.82, 2.24) is 0 Å². The van der Waals surface area contributed by atoms with Crippen LogP contribution in [0.2, 0.25) is 0 Å². The van der Waals surface area contributed by atoms with Crippen molar-refractivity contribution >= 4 is 33.5 Å². The SMILES string of the molecule is [CH2]C.[Cl][AlH][Cl].[Ti]. The van der Waals surface area contributed by atoms with Gasteiger partial charge < -0.3 is 0 Å². The van der Waals surface area contributed by atoms with Crippen molar-refractivity contribution in [3.8, 4) is 0 Å². The minimum Gasteiger partial charge on any atom is -0.240 e. The maximum absolute atomic E-state index is 4.90. The fraction of sp³-hybridized carbons (Fsp3) is 0.500. The number of rotatable bonds is 0. The van der Waals surface area contributed by atoms with Crippen molar-refractivity contribution in [3.05, 3.63) is 6.92 Å².